The number of nitrogens with one attached hydrogen (secondary N) is 2. The van der Waals surface area contributed by atoms with Gasteiger partial charge in [-0.2, -0.15) is 9.78 Å². The number of sulfone groups is 1. The summed E-state index contributed by atoms with van der Waals surface area (Å²) in [4.78, 5) is 20.0. The Morgan fingerprint density at radius 1 is 1.18 bits per heavy atom. The molecule has 4 N–H and O–H groups in total. The summed E-state index contributed by atoms with van der Waals surface area (Å²) in [6, 6.07) is 9.18. The molecule has 28 heavy (non-hydrogen) atoms. The normalized spacial score (nSPS) is 11.6. The Morgan fingerprint density at radius 3 is 2.79 bits per heavy atom. The molecule has 0 aliphatic rings. The van der Waals surface area contributed by atoms with E-state index in [1.165, 1.54) is 18.3 Å². The highest BCUT2D eigenvalue weighted by molar-refractivity contribution is 7.90. The highest BCUT2D eigenvalue weighted by Crippen LogP contribution is 2.27. The van der Waals surface area contributed by atoms with Gasteiger partial charge >= 0.3 is 6.03 Å². The van der Waals surface area contributed by atoms with Crippen molar-refractivity contribution in [3.05, 3.63) is 55.0 Å². The van der Waals surface area contributed by atoms with Crippen LogP contribution in [0.5, 0.6) is 0 Å². The van der Waals surface area contributed by atoms with E-state index in [1.54, 1.807) is 36.7 Å². The molecule has 0 unspecified atom stereocenters. The fourth-order valence-corrected chi connectivity index (χ4v) is 3.77. The molecule has 4 aromatic rings. The molecule has 0 atom stereocenters. The maximum atomic E-state index is 12.8. The summed E-state index contributed by atoms with van der Waals surface area (Å²) in [6.07, 6.45) is 5.85. The molecule has 0 radical (unpaired) electrons. The third-order valence-corrected chi connectivity index (χ3v) is 5.40. The van der Waals surface area contributed by atoms with E-state index in [9.17, 15) is 13.2 Å². The summed E-state index contributed by atoms with van der Waals surface area (Å²) in [5, 5.41) is 7.63. The van der Waals surface area contributed by atoms with Gasteiger partial charge in [-0.1, -0.05) is 6.07 Å². The summed E-state index contributed by atoms with van der Waals surface area (Å²) in [5.74, 6) is 0. The van der Waals surface area contributed by atoms with Crippen molar-refractivity contribution in [1.82, 2.24) is 19.7 Å². The van der Waals surface area contributed by atoms with Gasteiger partial charge < -0.3 is 16.0 Å². The SMILES string of the molecule is CS(=O)(=O)c1cc(-c2ccnn2C(=O)Nc2ccnc3[nH]ccc23)ccc1N. The molecule has 4 rings (SSSR count). The molecule has 3 aromatic heterocycles. The molecule has 9 nitrogen and oxygen atoms in total. The van der Waals surface area contributed by atoms with Crippen LogP contribution in [0.25, 0.3) is 22.3 Å². The van der Waals surface area contributed by atoms with Crippen molar-refractivity contribution >= 4 is 38.3 Å². The van der Waals surface area contributed by atoms with Crippen LogP contribution in [0.1, 0.15) is 0 Å². The van der Waals surface area contributed by atoms with Crippen LogP contribution >= 0.6 is 0 Å². The summed E-state index contributed by atoms with van der Waals surface area (Å²) < 4.78 is 25.1. The van der Waals surface area contributed by atoms with Gasteiger partial charge in [0.25, 0.3) is 0 Å². The quantitative estimate of drug-likeness (QED) is 0.455. The Balaban J connectivity index is 1.72. The Hall–Kier alpha value is -3.66. The maximum Gasteiger partial charge on any atom is 0.347 e. The number of nitrogen functional groups attached to an aromatic ring is 1. The first-order valence-electron chi connectivity index (χ1n) is 8.22. The molecule has 0 spiro atoms. The lowest BCUT2D eigenvalue weighted by Gasteiger charge is -2.11. The monoisotopic (exact) mass is 396 g/mol. The van der Waals surface area contributed by atoms with Gasteiger partial charge in [-0.25, -0.2) is 18.2 Å². The molecular weight excluding hydrogens is 380 g/mol. The van der Waals surface area contributed by atoms with Crippen molar-refractivity contribution in [2.24, 2.45) is 0 Å². The molecule has 0 aliphatic heterocycles. The van der Waals surface area contributed by atoms with Gasteiger partial charge in [0.2, 0.25) is 0 Å². The number of rotatable bonds is 3. The summed E-state index contributed by atoms with van der Waals surface area (Å²) in [6.45, 7) is 0. The zero-order valence-electron chi connectivity index (χ0n) is 14.7. The second-order valence-electron chi connectivity index (χ2n) is 6.18. The molecule has 10 heteroatoms. The largest absolute Gasteiger partial charge is 0.398 e. The van der Waals surface area contributed by atoms with Gasteiger partial charge in [0.1, 0.15) is 5.65 Å². The van der Waals surface area contributed by atoms with Crippen LogP contribution in [-0.2, 0) is 9.84 Å². The van der Waals surface area contributed by atoms with Gasteiger partial charge in [-0.15, -0.1) is 0 Å². The lowest BCUT2D eigenvalue weighted by atomic mass is 10.1. The number of nitrogens with zero attached hydrogens (tertiary/aromatic N) is 3. The number of aromatic nitrogens is 4. The highest BCUT2D eigenvalue weighted by atomic mass is 32.2. The standard InChI is InChI=1S/C18H16N6O3S/c1-28(26,27)16-10-11(2-3-13(16)19)15-6-9-22-24(15)18(25)23-14-5-8-21-17-12(14)4-7-20-17/h2-10H,19H2,1H3,(H2,20,21,23,25). The van der Waals surface area contributed by atoms with Crippen LogP contribution in [0.3, 0.4) is 0 Å². The van der Waals surface area contributed by atoms with E-state index >= 15 is 0 Å². The first-order valence-corrected chi connectivity index (χ1v) is 10.1. The summed E-state index contributed by atoms with van der Waals surface area (Å²) in [5.41, 5.74) is 8.09. The van der Waals surface area contributed by atoms with Crippen molar-refractivity contribution in [3.63, 3.8) is 0 Å². The number of hydrogen-bond acceptors (Lipinski definition) is 6. The minimum atomic E-state index is -3.51. The van der Waals surface area contributed by atoms with E-state index in [-0.39, 0.29) is 10.6 Å². The third kappa shape index (κ3) is 3.09. The molecule has 0 bridgehead atoms. The van der Waals surface area contributed by atoms with E-state index in [4.69, 9.17) is 5.73 Å². The molecule has 0 saturated carbocycles. The van der Waals surface area contributed by atoms with E-state index in [0.29, 0.717) is 22.6 Å². The van der Waals surface area contributed by atoms with Crippen molar-refractivity contribution in [1.29, 1.82) is 0 Å². The van der Waals surface area contributed by atoms with Crippen LogP contribution in [0.2, 0.25) is 0 Å². The number of aromatic amines is 1. The van der Waals surface area contributed by atoms with Crippen LogP contribution in [0, 0.1) is 0 Å². The lowest BCUT2D eigenvalue weighted by molar-refractivity contribution is 0.251. The first-order chi connectivity index (χ1) is 13.3. The van der Waals surface area contributed by atoms with Gasteiger partial charge in [-0.3, -0.25) is 0 Å². The van der Waals surface area contributed by atoms with Crippen molar-refractivity contribution < 1.29 is 13.2 Å². The minimum absolute atomic E-state index is 0.00123. The Labute approximate surface area is 160 Å². The van der Waals surface area contributed by atoms with Gasteiger partial charge in [-0.05, 0) is 30.3 Å². The van der Waals surface area contributed by atoms with Crippen molar-refractivity contribution in [2.75, 3.05) is 17.3 Å². The summed E-state index contributed by atoms with van der Waals surface area (Å²) in [7, 11) is -3.51. The van der Waals surface area contributed by atoms with Crippen molar-refractivity contribution in [3.8, 4) is 11.3 Å². The molecule has 0 saturated heterocycles. The molecule has 3 heterocycles. The second kappa shape index (κ2) is 6.50. The van der Waals surface area contributed by atoms with E-state index in [0.717, 1.165) is 16.3 Å². The van der Waals surface area contributed by atoms with E-state index in [2.05, 4.69) is 20.4 Å². The molecule has 0 fully saturated rings. The first kappa shape index (κ1) is 17.7. The average molecular weight is 396 g/mol. The Bertz CT molecular complexity index is 1310. The zero-order chi connectivity index (χ0) is 19.9. The fourth-order valence-electron chi connectivity index (χ4n) is 2.94. The topological polar surface area (TPSA) is 136 Å². The molecule has 0 aliphatic carbocycles. The van der Waals surface area contributed by atoms with Gasteiger partial charge in [0.05, 0.1) is 28.2 Å². The van der Waals surface area contributed by atoms with Crippen molar-refractivity contribution in [2.45, 2.75) is 4.90 Å². The van der Waals surface area contributed by atoms with E-state index in [1.807, 2.05) is 0 Å². The maximum absolute atomic E-state index is 12.8. The lowest BCUT2D eigenvalue weighted by Crippen LogP contribution is -2.21. The summed E-state index contributed by atoms with van der Waals surface area (Å²) >= 11 is 0. The van der Waals surface area contributed by atoms with Gasteiger partial charge in [0.15, 0.2) is 9.84 Å². The van der Waals surface area contributed by atoms with Crippen LogP contribution in [0.4, 0.5) is 16.2 Å². The zero-order valence-corrected chi connectivity index (χ0v) is 15.6. The van der Waals surface area contributed by atoms with Crippen LogP contribution < -0.4 is 11.1 Å². The van der Waals surface area contributed by atoms with Crippen LogP contribution in [0.15, 0.2) is 59.9 Å². The number of benzene rings is 1. The highest BCUT2D eigenvalue weighted by Gasteiger charge is 2.18. The number of amides is 1. The Kier molecular flexibility index (Phi) is 4.12. The second-order valence-corrected chi connectivity index (χ2v) is 8.17. The predicted molar refractivity (Wildman–Crippen MR) is 106 cm³/mol. The molecule has 142 valence electrons. The number of anilines is 2. The fraction of sp³-hybridized carbons (Fsp3) is 0.0556. The minimum Gasteiger partial charge on any atom is -0.398 e. The smallest absolute Gasteiger partial charge is 0.347 e. The number of carbonyl (C=O) groups excluding carboxylic acids is 1. The average Bonchev–Trinajstić information content (AvgIpc) is 3.31. The number of nitrogens with two attached hydrogens (primary N) is 1. The predicted octanol–water partition coefficient (Wildman–Crippen LogP) is 2.49. The number of hydrogen-bond donors (Lipinski definition) is 3. The van der Waals surface area contributed by atoms with Gasteiger partial charge in [0, 0.05) is 29.6 Å². The number of carbonyl (C=O) groups is 1. The third-order valence-electron chi connectivity index (χ3n) is 4.25. The number of pyridine rings is 1. The van der Waals surface area contributed by atoms with E-state index < -0.39 is 15.9 Å². The van der Waals surface area contributed by atoms with Crippen LogP contribution in [-0.4, -0.2) is 40.5 Å². The molecule has 1 aromatic carbocycles. The molecule has 1 amide bonds. The molecular formula is C18H16N6O3S. The number of fused-ring (bicyclic) bond motifs is 1. The Morgan fingerprint density at radius 2 is 2.00 bits per heavy atom. The number of H-pyrrole nitrogens is 1.